The molecule has 0 fully saturated rings. The van der Waals surface area contributed by atoms with E-state index in [0.29, 0.717) is 51.4 Å². The number of rotatable bonds is 12. The van der Waals surface area contributed by atoms with Gasteiger partial charge in [0.15, 0.2) is 5.69 Å². The number of H-pyrrole nitrogens is 4. The molecule has 4 N–H and O–H groups in total. The molecule has 23 heteroatoms. The van der Waals surface area contributed by atoms with Crippen molar-refractivity contribution in [3.63, 3.8) is 0 Å². The van der Waals surface area contributed by atoms with E-state index >= 15 is 0 Å². The zero-order chi connectivity index (χ0) is 86.3. The Morgan fingerprint density at radius 3 is 1.03 bits per heavy atom. The first-order valence-corrected chi connectivity index (χ1v) is 40.5. The van der Waals surface area contributed by atoms with Gasteiger partial charge in [0.2, 0.25) is 11.4 Å². The highest BCUT2D eigenvalue weighted by atomic mass is 16.1. The number of nitrogens with zero attached hydrogens (tertiary/aromatic N) is 15. The number of benzene rings is 11. The SMILES string of the molecule is CCc1n[nH]c(=O)c2ccc(-c3cnn(C)c3-c3ccc4ccccc4c3C)cc12.[C-]#[N+]c1c(-c2c(-c3ccc4c(=O)[nH]nc(CC)c4c3)cnn2C)cc(C)c2ccccc12.[C-]#[N+]c1c(-c2c(-c3ccc4c(=O)[nH]nc(CC)c4c3)cnn2C)ccc2c(C)cccc12.[C-]#[N+]c1c(C)cc(C)cc1-c1c(-c2ccc3c(=O)[nH]nc(CC)c3c2)cnn1C. The first-order valence-electron chi connectivity index (χ1n) is 40.5. The standard InChI is InChI=1S/2C26H21N5O.C25H22N4O.C23H21N5O/c1-5-23-21-13-16(9-10-19(21)26(32)30-29-23)22-14-28-31(4)25(22)20-12-11-17-15(2)7-6-8-18(17)24(20)27-3;1-5-23-20-13-16(10-11-19(20)26(32)30-29-23)22-14-28-31(4)25(22)21-12-15(2)17-8-6-7-9-18(17)24(21)27-3;1-4-23-21-13-17(10-12-20(21)25(30)28-27-23)22-14-26-29(3)24(22)19-11-9-16-7-5-6-8-18(16)15(19)2;1-6-20-17-11-15(7-8-16(17)23(29)27-26-20)19-12-25-28(5)22(19)18-10-13(2)9-14(3)21(18)24-4/h2*6-14H,5H2,1-2,4H3,(H,30,32);5-14H,4H2,1-3H3,(H,28,30);7-12H,6H2,1-3,5H3,(H,27,29). The predicted molar refractivity (Wildman–Crippen MR) is 493 cm³/mol. The summed E-state index contributed by atoms with van der Waals surface area (Å²) >= 11 is 0. The Kier molecular flexibility index (Phi) is 22.0. The van der Waals surface area contributed by atoms with Crippen LogP contribution < -0.4 is 22.2 Å². The molecule has 19 rings (SSSR count). The molecular formula is C100H85N19O4. The first kappa shape index (κ1) is 80.8. The summed E-state index contributed by atoms with van der Waals surface area (Å²) < 4.78 is 7.35. The van der Waals surface area contributed by atoms with Crippen LogP contribution in [0.2, 0.25) is 0 Å². The Hall–Kier alpha value is -15.9. The molecule has 8 aromatic heterocycles. The third-order valence-electron chi connectivity index (χ3n) is 23.3. The lowest BCUT2D eigenvalue weighted by molar-refractivity contribution is 0.775. The topological polar surface area (TPSA) is 267 Å². The van der Waals surface area contributed by atoms with Gasteiger partial charge in [-0.05, 0) is 186 Å². The second kappa shape index (κ2) is 33.5. The van der Waals surface area contributed by atoms with Crippen LogP contribution in [0.1, 0.15) is 78.3 Å². The monoisotopic (exact) mass is 1620 g/mol. The fourth-order valence-corrected chi connectivity index (χ4v) is 17.1. The molecule has 0 aliphatic carbocycles. The van der Waals surface area contributed by atoms with Gasteiger partial charge in [-0.15, -0.1) is 0 Å². The minimum Gasteiger partial charge on any atom is -0.269 e. The van der Waals surface area contributed by atoms with Gasteiger partial charge in [-0.1, -0.05) is 167 Å². The highest BCUT2D eigenvalue weighted by molar-refractivity contribution is 6.08. The van der Waals surface area contributed by atoms with Crippen molar-refractivity contribution in [3.8, 4) is 89.5 Å². The largest absolute Gasteiger partial charge is 0.272 e. The van der Waals surface area contributed by atoms with Gasteiger partial charge in [0.25, 0.3) is 22.2 Å². The van der Waals surface area contributed by atoms with Crippen LogP contribution in [0, 0.1) is 54.3 Å². The molecule has 0 saturated carbocycles. The van der Waals surface area contributed by atoms with Gasteiger partial charge in [0.1, 0.15) is 0 Å². The van der Waals surface area contributed by atoms with E-state index in [0.717, 1.165) is 190 Å². The van der Waals surface area contributed by atoms with Gasteiger partial charge >= 0.3 is 0 Å². The van der Waals surface area contributed by atoms with Crippen LogP contribution in [0.3, 0.4) is 0 Å². The molecule has 0 bridgehead atoms. The number of fused-ring (bicyclic) bond motifs is 7. The molecule has 0 aliphatic heterocycles. The molecule has 0 amide bonds. The molecule has 0 aliphatic rings. The maximum absolute atomic E-state index is 12.3. The molecule has 11 aromatic carbocycles. The van der Waals surface area contributed by atoms with Crippen LogP contribution in [-0.2, 0) is 53.9 Å². The summed E-state index contributed by atoms with van der Waals surface area (Å²) in [6, 6.07) is 60.2. The number of aryl methyl sites for hydroxylation is 13. The Morgan fingerprint density at radius 1 is 0.293 bits per heavy atom. The fourth-order valence-electron chi connectivity index (χ4n) is 17.1. The van der Waals surface area contributed by atoms with Crippen molar-refractivity contribution in [2.45, 2.75) is 88.0 Å². The molecule has 0 saturated heterocycles. The van der Waals surface area contributed by atoms with Crippen LogP contribution in [0.25, 0.3) is 179 Å². The fraction of sp³-hybridized carbons (Fsp3) is 0.170. The lowest BCUT2D eigenvalue weighted by atomic mass is 9.93. The van der Waals surface area contributed by atoms with Crippen LogP contribution in [-0.4, -0.2) is 79.9 Å². The van der Waals surface area contributed by atoms with Crippen molar-refractivity contribution in [1.82, 2.24) is 79.9 Å². The van der Waals surface area contributed by atoms with Crippen molar-refractivity contribution in [2.75, 3.05) is 0 Å². The molecule has 604 valence electrons. The lowest BCUT2D eigenvalue weighted by Crippen LogP contribution is -2.10. The highest BCUT2D eigenvalue weighted by Crippen LogP contribution is 2.47. The van der Waals surface area contributed by atoms with Crippen LogP contribution >= 0.6 is 0 Å². The van der Waals surface area contributed by atoms with Crippen LogP contribution in [0.4, 0.5) is 17.1 Å². The van der Waals surface area contributed by atoms with Crippen molar-refractivity contribution in [1.29, 1.82) is 0 Å². The van der Waals surface area contributed by atoms with Gasteiger partial charge in [0, 0.05) is 94.2 Å². The van der Waals surface area contributed by atoms with E-state index in [4.69, 9.17) is 19.7 Å². The summed E-state index contributed by atoms with van der Waals surface area (Å²) in [4.78, 5) is 60.5. The Morgan fingerprint density at radius 2 is 0.626 bits per heavy atom. The van der Waals surface area contributed by atoms with E-state index < -0.39 is 0 Å². The third-order valence-corrected chi connectivity index (χ3v) is 23.3. The third kappa shape index (κ3) is 14.6. The summed E-state index contributed by atoms with van der Waals surface area (Å²) in [6.45, 7) is 41.9. The van der Waals surface area contributed by atoms with E-state index in [1.165, 1.54) is 16.3 Å². The molecule has 0 unspecified atom stereocenters. The summed E-state index contributed by atoms with van der Waals surface area (Å²) in [5.74, 6) is 0. The summed E-state index contributed by atoms with van der Waals surface area (Å²) in [5, 5.41) is 57.7. The van der Waals surface area contributed by atoms with Crippen LogP contribution in [0.15, 0.2) is 226 Å². The summed E-state index contributed by atoms with van der Waals surface area (Å²) in [6.07, 6.45) is 10.2. The molecule has 0 atom stereocenters. The average Bonchev–Trinajstić information content (AvgIpc) is 1.71. The summed E-state index contributed by atoms with van der Waals surface area (Å²) in [7, 11) is 7.63. The van der Waals surface area contributed by atoms with Crippen LogP contribution in [0.5, 0.6) is 0 Å². The average molecular weight is 1620 g/mol. The quantitative estimate of drug-likeness (QED) is 0.0832. The van der Waals surface area contributed by atoms with Gasteiger partial charge in [-0.2, -0.15) is 40.8 Å². The molecule has 0 spiro atoms. The van der Waals surface area contributed by atoms with E-state index in [9.17, 15) is 19.2 Å². The maximum Gasteiger partial charge on any atom is 0.272 e. The molecule has 23 nitrogen and oxygen atoms in total. The predicted octanol–water partition coefficient (Wildman–Crippen LogP) is 20.9. The minimum absolute atomic E-state index is 0.162. The second-order valence-corrected chi connectivity index (χ2v) is 30.6. The van der Waals surface area contributed by atoms with Crippen molar-refractivity contribution < 1.29 is 0 Å². The number of nitrogens with one attached hydrogen (secondary N) is 4. The number of aromatic amines is 4. The Balaban J connectivity index is 0.000000122. The maximum atomic E-state index is 12.3. The molecule has 8 heterocycles. The number of hydrogen-bond donors (Lipinski definition) is 4. The summed E-state index contributed by atoms with van der Waals surface area (Å²) in [5.41, 5.74) is 25.1. The van der Waals surface area contributed by atoms with E-state index in [1.54, 1.807) is 4.68 Å². The smallest absolute Gasteiger partial charge is 0.269 e. The molecule has 0 radical (unpaired) electrons. The first-order chi connectivity index (χ1) is 59.6. The Labute approximate surface area is 707 Å². The zero-order valence-corrected chi connectivity index (χ0v) is 70.3. The van der Waals surface area contributed by atoms with Gasteiger partial charge in [-0.3, -0.25) is 37.9 Å². The van der Waals surface area contributed by atoms with Gasteiger partial charge < -0.3 is 0 Å². The number of hydrogen-bond acceptors (Lipinski definition) is 12. The Bertz CT molecular complexity index is 7890. The minimum atomic E-state index is -0.199. The lowest BCUT2D eigenvalue weighted by Gasteiger charge is -2.14. The molecule has 123 heavy (non-hydrogen) atoms. The number of aromatic nitrogens is 16. The van der Waals surface area contributed by atoms with Crippen molar-refractivity contribution in [2.24, 2.45) is 28.2 Å². The van der Waals surface area contributed by atoms with Gasteiger partial charge in [-0.25, -0.2) is 34.9 Å². The molecule has 19 aromatic rings. The zero-order valence-electron chi connectivity index (χ0n) is 70.3. The highest BCUT2D eigenvalue weighted by Gasteiger charge is 2.26. The second-order valence-electron chi connectivity index (χ2n) is 30.6. The van der Waals surface area contributed by atoms with E-state index in [1.807, 2.05) is 230 Å². The van der Waals surface area contributed by atoms with Crippen molar-refractivity contribution in [3.05, 3.63) is 333 Å². The molecular weight excluding hydrogens is 1530 g/mol. The normalized spacial score (nSPS) is 11.2. The van der Waals surface area contributed by atoms with Crippen molar-refractivity contribution >= 4 is 92.5 Å². The van der Waals surface area contributed by atoms with E-state index in [2.05, 4.69) is 157 Å². The van der Waals surface area contributed by atoms with E-state index in [-0.39, 0.29) is 22.2 Å². The van der Waals surface area contributed by atoms with Gasteiger partial charge in [0.05, 0.1) is 112 Å².